The molecule has 0 saturated heterocycles. The average molecular weight is 428 g/mol. The van der Waals surface area contributed by atoms with Crippen molar-refractivity contribution in [1.29, 1.82) is 0 Å². The Morgan fingerprint density at radius 3 is 2.43 bits per heavy atom. The molecule has 10 heteroatoms. The van der Waals surface area contributed by atoms with Gasteiger partial charge in [-0.15, -0.1) is 11.3 Å². The van der Waals surface area contributed by atoms with Gasteiger partial charge in [0.25, 0.3) is 0 Å². The second kappa shape index (κ2) is 7.78. The number of alkyl halides is 3. The third-order valence-corrected chi connectivity index (χ3v) is 5.05. The molecule has 0 amide bonds. The van der Waals surface area contributed by atoms with Crippen LogP contribution in [0.1, 0.15) is 21.6 Å². The van der Waals surface area contributed by atoms with Crippen molar-refractivity contribution in [3.05, 3.63) is 75.0 Å². The normalized spacial score (nSPS) is 11.5. The molecule has 1 N–H and O–H groups in total. The van der Waals surface area contributed by atoms with Crippen molar-refractivity contribution in [3.8, 4) is 11.1 Å². The molecule has 0 atom stereocenters. The zero-order valence-corrected chi connectivity index (χ0v) is 15.5. The van der Waals surface area contributed by atoms with Crippen LogP contribution < -0.4 is 5.06 Å². The SMILES string of the molecule is O=C(O)c1c(-c2ccc(Cl)cc2)csc1N([O-])Cc1ccc(C(F)(F)F)nc1. The first-order valence-electron chi connectivity index (χ1n) is 7.74. The number of carbonyl (C=O) groups is 1. The number of benzene rings is 1. The number of aromatic carboxylic acids is 1. The van der Waals surface area contributed by atoms with Crippen LogP contribution in [0.4, 0.5) is 18.2 Å². The van der Waals surface area contributed by atoms with Gasteiger partial charge in [0, 0.05) is 28.7 Å². The summed E-state index contributed by atoms with van der Waals surface area (Å²) in [5.74, 6) is -1.28. The van der Waals surface area contributed by atoms with Gasteiger partial charge in [0.15, 0.2) is 0 Å². The van der Waals surface area contributed by atoms with Gasteiger partial charge in [0.1, 0.15) is 11.3 Å². The van der Waals surface area contributed by atoms with E-state index in [1.165, 1.54) is 5.38 Å². The maximum atomic E-state index is 12.6. The number of rotatable bonds is 5. The number of hydrogen-bond donors (Lipinski definition) is 1. The van der Waals surface area contributed by atoms with E-state index in [1.807, 2.05) is 0 Å². The lowest BCUT2D eigenvalue weighted by Crippen LogP contribution is -2.16. The van der Waals surface area contributed by atoms with E-state index in [1.54, 1.807) is 24.3 Å². The Balaban J connectivity index is 1.88. The lowest BCUT2D eigenvalue weighted by Gasteiger charge is -2.29. The smallest absolute Gasteiger partial charge is 0.433 e. The highest BCUT2D eigenvalue weighted by Gasteiger charge is 2.32. The summed E-state index contributed by atoms with van der Waals surface area (Å²) in [6.07, 6.45) is -3.63. The van der Waals surface area contributed by atoms with Crippen molar-refractivity contribution in [2.24, 2.45) is 0 Å². The summed E-state index contributed by atoms with van der Waals surface area (Å²) >= 11 is 6.78. The highest BCUT2D eigenvalue weighted by Crippen LogP contribution is 2.38. The van der Waals surface area contributed by atoms with E-state index in [0.29, 0.717) is 21.2 Å². The number of nitrogens with zero attached hydrogens (tertiary/aromatic N) is 2. The molecule has 146 valence electrons. The number of aromatic nitrogens is 1. The van der Waals surface area contributed by atoms with Crippen molar-refractivity contribution >= 4 is 33.9 Å². The standard InChI is InChI=1S/C18H11ClF3N2O3S/c19-12-4-2-11(3-5-12)13-9-28-16(15(13)17(25)26)24(27)8-10-1-6-14(23-7-10)18(20,21)22/h1-7,9H,8H2,(H,25,26)/q-1. The van der Waals surface area contributed by atoms with Crippen molar-refractivity contribution in [2.45, 2.75) is 12.7 Å². The van der Waals surface area contributed by atoms with Crippen LogP contribution in [0.15, 0.2) is 48.0 Å². The summed E-state index contributed by atoms with van der Waals surface area (Å²) in [6, 6.07) is 8.38. The van der Waals surface area contributed by atoms with E-state index in [2.05, 4.69) is 4.98 Å². The van der Waals surface area contributed by atoms with E-state index in [9.17, 15) is 28.3 Å². The molecule has 0 aliphatic carbocycles. The van der Waals surface area contributed by atoms with Crippen molar-refractivity contribution in [3.63, 3.8) is 0 Å². The zero-order valence-electron chi connectivity index (χ0n) is 13.9. The summed E-state index contributed by atoms with van der Waals surface area (Å²) in [4.78, 5) is 15.0. The molecule has 0 aliphatic heterocycles. The minimum atomic E-state index is -4.58. The van der Waals surface area contributed by atoms with Gasteiger partial charge in [-0.05, 0) is 29.3 Å². The molecule has 0 radical (unpaired) electrons. The molecule has 2 aromatic heterocycles. The predicted molar refractivity (Wildman–Crippen MR) is 101 cm³/mol. The van der Waals surface area contributed by atoms with Gasteiger partial charge in [-0.3, -0.25) is 4.98 Å². The third kappa shape index (κ3) is 4.27. The Bertz CT molecular complexity index is 989. The highest BCUT2D eigenvalue weighted by molar-refractivity contribution is 7.15. The first kappa shape index (κ1) is 20.1. The third-order valence-electron chi connectivity index (χ3n) is 3.81. The molecule has 0 fully saturated rings. The molecule has 28 heavy (non-hydrogen) atoms. The van der Waals surface area contributed by atoms with Gasteiger partial charge in [0.2, 0.25) is 0 Å². The Hall–Kier alpha value is -2.62. The molecular formula is C18H11ClF3N2O3S-. The molecule has 3 rings (SSSR count). The first-order valence-corrected chi connectivity index (χ1v) is 9.00. The summed E-state index contributed by atoms with van der Waals surface area (Å²) in [6.45, 7) is -0.341. The minimum Gasteiger partial charge on any atom is -0.757 e. The molecule has 0 aliphatic rings. The molecule has 1 aromatic carbocycles. The quantitative estimate of drug-likeness (QED) is 0.530. The van der Waals surface area contributed by atoms with Gasteiger partial charge < -0.3 is 15.4 Å². The monoisotopic (exact) mass is 427 g/mol. The van der Waals surface area contributed by atoms with Crippen molar-refractivity contribution < 1.29 is 23.1 Å². The zero-order chi connectivity index (χ0) is 20.5. The van der Waals surface area contributed by atoms with E-state index in [4.69, 9.17) is 11.6 Å². The number of thiophene rings is 1. The molecule has 5 nitrogen and oxygen atoms in total. The summed E-state index contributed by atoms with van der Waals surface area (Å²) in [7, 11) is 0. The summed E-state index contributed by atoms with van der Waals surface area (Å²) < 4.78 is 37.7. The fraction of sp³-hybridized carbons (Fsp3) is 0.111. The Kier molecular flexibility index (Phi) is 5.59. The van der Waals surface area contributed by atoms with Crippen molar-refractivity contribution in [1.82, 2.24) is 4.98 Å². The number of hydrogen-bond acceptors (Lipinski definition) is 5. The van der Waals surface area contributed by atoms with Gasteiger partial charge >= 0.3 is 12.1 Å². The number of carboxylic acid groups (broad SMARTS) is 1. The van der Waals surface area contributed by atoms with Crippen LogP contribution in [0.5, 0.6) is 0 Å². The summed E-state index contributed by atoms with van der Waals surface area (Å²) in [5.41, 5.74) is -0.0893. The van der Waals surface area contributed by atoms with E-state index in [0.717, 1.165) is 29.7 Å². The maximum Gasteiger partial charge on any atom is 0.433 e. The molecule has 0 spiro atoms. The van der Waals surface area contributed by atoms with Crippen LogP contribution in [-0.4, -0.2) is 16.1 Å². The van der Waals surface area contributed by atoms with Crippen LogP contribution in [0.2, 0.25) is 5.02 Å². The topological polar surface area (TPSA) is 76.5 Å². The molecule has 0 bridgehead atoms. The number of anilines is 1. The minimum absolute atomic E-state index is 0.0580. The number of carboxylic acids is 1. The van der Waals surface area contributed by atoms with Crippen LogP contribution in [0, 0.1) is 5.21 Å². The average Bonchev–Trinajstić information content (AvgIpc) is 3.07. The second-order valence-corrected chi connectivity index (χ2v) is 7.02. The van der Waals surface area contributed by atoms with Gasteiger partial charge in [-0.1, -0.05) is 29.8 Å². The fourth-order valence-electron chi connectivity index (χ4n) is 2.50. The summed E-state index contributed by atoms with van der Waals surface area (Å²) in [5, 5.41) is 24.5. The fourth-order valence-corrected chi connectivity index (χ4v) is 3.61. The van der Waals surface area contributed by atoms with E-state index >= 15 is 0 Å². The maximum absolute atomic E-state index is 12.6. The van der Waals surface area contributed by atoms with Gasteiger partial charge in [-0.2, -0.15) is 13.2 Å². The van der Waals surface area contributed by atoms with Crippen molar-refractivity contribution in [2.75, 3.05) is 5.06 Å². The number of pyridine rings is 1. The van der Waals surface area contributed by atoms with Crippen LogP contribution in [0.25, 0.3) is 11.1 Å². The van der Waals surface area contributed by atoms with Crippen LogP contribution in [-0.2, 0) is 12.7 Å². The Morgan fingerprint density at radius 1 is 1.21 bits per heavy atom. The Labute approximate surface area is 166 Å². The lowest BCUT2D eigenvalue weighted by molar-refractivity contribution is -0.141. The lowest BCUT2D eigenvalue weighted by atomic mass is 10.0. The van der Waals surface area contributed by atoms with Crippen LogP contribution >= 0.6 is 22.9 Å². The van der Waals surface area contributed by atoms with E-state index in [-0.39, 0.29) is 22.7 Å². The molecule has 0 saturated carbocycles. The highest BCUT2D eigenvalue weighted by atomic mass is 35.5. The molecular weight excluding hydrogens is 417 g/mol. The molecule has 0 unspecified atom stereocenters. The van der Waals surface area contributed by atoms with Gasteiger partial charge in [0.05, 0.1) is 5.00 Å². The number of halogens is 4. The second-order valence-electron chi connectivity index (χ2n) is 5.73. The predicted octanol–water partition coefficient (Wildman–Crippen LogP) is 5.68. The molecule has 2 heterocycles. The largest absolute Gasteiger partial charge is 0.757 e. The van der Waals surface area contributed by atoms with E-state index < -0.39 is 17.8 Å². The van der Waals surface area contributed by atoms with Crippen LogP contribution in [0.3, 0.4) is 0 Å². The Morgan fingerprint density at radius 2 is 1.89 bits per heavy atom. The first-order chi connectivity index (χ1) is 13.2. The number of hydroxylamine groups is 1. The van der Waals surface area contributed by atoms with Gasteiger partial charge in [-0.25, -0.2) is 4.79 Å². The molecule has 3 aromatic rings.